The van der Waals surface area contributed by atoms with Crippen molar-refractivity contribution in [3.63, 3.8) is 0 Å². The summed E-state index contributed by atoms with van der Waals surface area (Å²) in [6.45, 7) is 4.87. The van der Waals surface area contributed by atoms with E-state index in [2.05, 4.69) is 38.3 Å². The first-order valence-corrected chi connectivity index (χ1v) is 8.42. The first-order chi connectivity index (χ1) is 9.02. The average molecular weight is 304 g/mol. The number of hydrogen-bond donors (Lipinski definition) is 2. The van der Waals surface area contributed by atoms with Gasteiger partial charge in [0, 0.05) is 13.0 Å². The van der Waals surface area contributed by atoms with Gasteiger partial charge in [-0.15, -0.1) is 12.6 Å². The Bertz CT molecular complexity index is 251. The monoisotopic (exact) mass is 303 g/mol. The first kappa shape index (κ1) is 19.1. The second kappa shape index (κ2) is 11.9. The van der Waals surface area contributed by atoms with Crippen molar-refractivity contribution in [1.29, 1.82) is 5.26 Å². The molecule has 0 saturated carbocycles. The lowest BCUT2D eigenvalue weighted by Crippen LogP contribution is -2.25. The van der Waals surface area contributed by atoms with Crippen molar-refractivity contribution < 1.29 is 4.74 Å². The van der Waals surface area contributed by atoms with E-state index in [9.17, 15) is 0 Å². The molecule has 0 amide bonds. The lowest BCUT2D eigenvalue weighted by Gasteiger charge is -2.25. The fraction of sp³-hybridized carbons (Fsp3) is 0.933. The maximum Gasteiger partial charge on any atom is 0.110 e. The van der Waals surface area contributed by atoms with Gasteiger partial charge in [0.05, 0.1) is 11.3 Å². The summed E-state index contributed by atoms with van der Waals surface area (Å²) < 4.78 is 5.71. The summed E-state index contributed by atoms with van der Waals surface area (Å²) in [5, 5.41) is 8.41. The lowest BCUT2D eigenvalue weighted by atomic mass is 10.1. The van der Waals surface area contributed by atoms with Crippen LogP contribution >= 0.6 is 25.3 Å². The standard InChI is InChI=1S/C15H29NOS2/c1-3-4-5-6-7-8-9-10-11-17-15(2,19)12-14(18)13-16/h14,18-19H,3-12H2,1-2H3. The molecule has 0 aliphatic heterocycles. The van der Waals surface area contributed by atoms with Crippen LogP contribution in [0.15, 0.2) is 0 Å². The van der Waals surface area contributed by atoms with E-state index in [4.69, 9.17) is 10.00 Å². The molecule has 4 heteroatoms. The van der Waals surface area contributed by atoms with Crippen LogP contribution in [0.5, 0.6) is 0 Å². The van der Waals surface area contributed by atoms with Gasteiger partial charge in [-0.05, 0) is 13.3 Å². The minimum Gasteiger partial charge on any atom is -0.365 e. The molecule has 0 bridgehead atoms. The van der Waals surface area contributed by atoms with Gasteiger partial charge in [0.1, 0.15) is 4.93 Å². The molecule has 2 nitrogen and oxygen atoms in total. The van der Waals surface area contributed by atoms with E-state index in [-0.39, 0.29) is 5.25 Å². The predicted molar refractivity (Wildman–Crippen MR) is 89.0 cm³/mol. The van der Waals surface area contributed by atoms with Gasteiger partial charge >= 0.3 is 0 Å². The highest BCUT2D eigenvalue weighted by Gasteiger charge is 2.22. The van der Waals surface area contributed by atoms with Gasteiger partial charge in [-0.3, -0.25) is 0 Å². The largest absolute Gasteiger partial charge is 0.365 e. The van der Waals surface area contributed by atoms with Gasteiger partial charge in [-0.1, -0.05) is 51.9 Å². The number of ether oxygens (including phenoxy) is 1. The highest BCUT2D eigenvalue weighted by Crippen LogP contribution is 2.24. The summed E-state index contributed by atoms with van der Waals surface area (Å²) in [4.78, 5) is -0.538. The van der Waals surface area contributed by atoms with Crippen LogP contribution in [0.4, 0.5) is 0 Å². The van der Waals surface area contributed by atoms with Crippen LogP contribution < -0.4 is 0 Å². The molecular formula is C15H29NOS2. The highest BCUT2D eigenvalue weighted by atomic mass is 32.1. The highest BCUT2D eigenvalue weighted by molar-refractivity contribution is 7.82. The Labute approximate surface area is 130 Å². The molecule has 0 saturated heterocycles. The Morgan fingerprint density at radius 1 is 1.11 bits per heavy atom. The van der Waals surface area contributed by atoms with Gasteiger partial charge < -0.3 is 4.74 Å². The number of nitrogens with zero attached hydrogens (tertiary/aromatic N) is 1. The average Bonchev–Trinajstić information content (AvgIpc) is 2.36. The topological polar surface area (TPSA) is 33.0 Å². The normalized spacial score (nSPS) is 15.7. The van der Waals surface area contributed by atoms with Crippen molar-refractivity contribution in [2.75, 3.05) is 6.61 Å². The fourth-order valence-electron chi connectivity index (χ4n) is 1.99. The predicted octanol–water partition coefficient (Wildman–Crippen LogP) is 5.00. The zero-order valence-corrected chi connectivity index (χ0v) is 14.2. The third kappa shape index (κ3) is 12.9. The summed E-state index contributed by atoms with van der Waals surface area (Å²) in [6.07, 6.45) is 10.9. The van der Waals surface area contributed by atoms with Crippen LogP contribution in [0, 0.1) is 11.3 Å². The Hall–Kier alpha value is 0.150. The van der Waals surface area contributed by atoms with Crippen molar-refractivity contribution in [2.24, 2.45) is 0 Å². The number of nitriles is 1. The second-order valence-corrected chi connectivity index (χ2v) is 6.92. The molecule has 0 aromatic carbocycles. The molecule has 0 heterocycles. The SMILES string of the molecule is CCCCCCCCCCOC(C)(S)CC(S)C#N. The summed E-state index contributed by atoms with van der Waals surface area (Å²) in [7, 11) is 0. The van der Waals surface area contributed by atoms with Crippen molar-refractivity contribution in [2.45, 2.75) is 81.8 Å². The number of unbranched alkanes of at least 4 members (excludes halogenated alkanes) is 7. The Kier molecular flexibility index (Phi) is 12.0. The molecule has 0 N–H and O–H groups in total. The molecule has 2 unspecified atom stereocenters. The first-order valence-electron chi connectivity index (χ1n) is 7.46. The van der Waals surface area contributed by atoms with Crippen molar-refractivity contribution in [3.8, 4) is 6.07 Å². The molecule has 2 atom stereocenters. The molecule has 0 aliphatic rings. The van der Waals surface area contributed by atoms with Crippen molar-refractivity contribution in [1.82, 2.24) is 0 Å². The molecule has 0 aliphatic carbocycles. The molecule has 19 heavy (non-hydrogen) atoms. The van der Waals surface area contributed by atoms with Crippen LogP contribution in [-0.2, 0) is 4.74 Å². The smallest absolute Gasteiger partial charge is 0.110 e. The zero-order valence-electron chi connectivity index (χ0n) is 12.4. The zero-order chi connectivity index (χ0) is 14.6. The molecule has 0 aromatic rings. The van der Waals surface area contributed by atoms with Crippen molar-refractivity contribution >= 4 is 25.3 Å². The van der Waals surface area contributed by atoms with Gasteiger partial charge in [0.25, 0.3) is 0 Å². The maximum absolute atomic E-state index is 8.71. The quantitative estimate of drug-likeness (QED) is 0.302. The summed E-state index contributed by atoms with van der Waals surface area (Å²) in [5.41, 5.74) is 0. The third-order valence-corrected chi connectivity index (χ3v) is 3.74. The minimum absolute atomic E-state index is 0.305. The minimum atomic E-state index is -0.538. The van der Waals surface area contributed by atoms with Crippen LogP contribution in [0.25, 0.3) is 0 Å². The Morgan fingerprint density at radius 3 is 2.16 bits per heavy atom. The second-order valence-electron chi connectivity index (χ2n) is 5.35. The summed E-state index contributed by atoms with van der Waals surface area (Å²) in [5.74, 6) is 0. The third-order valence-electron chi connectivity index (χ3n) is 3.13. The Balaban J connectivity index is 3.40. The molecule has 0 aromatic heterocycles. The number of rotatable bonds is 12. The van der Waals surface area contributed by atoms with E-state index in [1.165, 1.54) is 44.9 Å². The van der Waals surface area contributed by atoms with E-state index in [0.29, 0.717) is 6.42 Å². The molecular weight excluding hydrogens is 274 g/mol. The van der Waals surface area contributed by atoms with Crippen LogP contribution in [-0.4, -0.2) is 16.8 Å². The van der Waals surface area contributed by atoms with E-state index < -0.39 is 4.93 Å². The lowest BCUT2D eigenvalue weighted by molar-refractivity contribution is 0.0342. The molecule has 0 fully saturated rings. The Morgan fingerprint density at radius 2 is 1.63 bits per heavy atom. The van der Waals surface area contributed by atoms with E-state index in [1.807, 2.05) is 6.92 Å². The molecule has 0 spiro atoms. The van der Waals surface area contributed by atoms with Gasteiger partial charge in [-0.2, -0.15) is 17.9 Å². The van der Waals surface area contributed by atoms with E-state index in [1.54, 1.807) is 0 Å². The molecule has 112 valence electrons. The number of thiol groups is 2. The van der Waals surface area contributed by atoms with Gasteiger partial charge in [0.15, 0.2) is 0 Å². The van der Waals surface area contributed by atoms with E-state index in [0.717, 1.165) is 13.0 Å². The summed E-state index contributed by atoms with van der Waals surface area (Å²) >= 11 is 8.59. The van der Waals surface area contributed by atoms with Crippen LogP contribution in [0.2, 0.25) is 0 Å². The molecule has 0 radical (unpaired) electrons. The van der Waals surface area contributed by atoms with Crippen LogP contribution in [0.1, 0.15) is 71.6 Å². The van der Waals surface area contributed by atoms with Gasteiger partial charge in [-0.25, -0.2) is 0 Å². The van der Waals surface area contributed by atoms with Crippen LogP contribution in [0.3, 0.4) is 0 Å². The maximum atomic E-state index is 8.71. The molecule has 0 rings (SSSR count). The van der Waals surface area contributed by atoms with E-state index >= 15 is 0 Å². The van der Waals surface area contributed by atoms with Crippen molar-refractivity contribution in [3.05, 3.63) is 0 Å². The van der Waals surface area contributed by atoms with Gasteiger partial charge in [0.2, 0.25) is 0 Å². The number of hydrogen-bond acceptors (Lipinski definition) is 4. The fourth-order valence-corrected chi connectivity index (χ4v) is 2.76. The summed E-state index contributed by atoms with van der Waals surface area (Å²) in [6, 6.07) is 2.09.